The van der Waals surface area contributed by atoms with Crippen LogP contribution in [0.5, 0.6) is 5.75 Å². The van der Waals surface area contributed by atoms with Crippen molar-refractivity contribution in [3.8, 4) is 5.75 Å². The predicted molar refractivity (Wildman–Crippen MR) is 162 cm³/mol. The van der Waals surface area contributed by atoms with Gasteiger partial charge in [-0.25, -0.2) is 8.42 Å². The lowest BCUT2D eigenvalue weighted by atomic mass is 10.1. The van der Waals surface area contributed by atoms with Crippen LogP contribution in [0.4, 0.5) is 5.69 Å². The van der Waals surface area contributed by atoms with E-state index in [2.05, 4.69) is 5.32 Å². The molecule has 0 fully saturated rings. The summed E-state index contributed by atoms with van der Waals surface area (Å²) in [6.45, 7) is 9.22. The van der Waals surface area contributed by atoms with Crippen molar-refractivity contribution in [2.75, 3.05) is 18.0 Å². The highest BCUT2D eigenvalue weighted by Crippen LogP contribution is 2.28. The number of hydrogen-bond donors (Lipinski definition) is 1. The number of anilines is 1. The zero-order chi connectivity index (χ0) is 30.2. The highest BCUT2D eigenvalue weighted by atomic mass is 32.2. The Hall–Kier alpha value is -3.85. The summed E-state index contributed by atoms with van der Waals surface area (Å²) in [5.41, 5.74) is 3.05. The Bertz CT molecular complexity index is 1440. The van der Waals surface area contributed by atoms with Crippen LogP contribution in [0.2, 0.25) is 0 Å². The summed E-state index contributed by atoms with van der Waals surface area (Å²) in [6, 6.07) is 19.9. The third-order valence-electron chi connectivity index (χ3n) is 7.22. The molecule has 0 radical (unpaired) electrons. The van der Waals surface area contributed by atoms with Gasteiger partial charge in [0.05, 0.1) is 17.7 Å². The molecule has 0 heterocycles. The van der Waals surface area contributed by atoms with Gasteiger partial charge in [0.15, 0.2) is 0 Å². The molecule has 2 amide bonds. The fraction of sp³-hybridized carbons (Fsp3) is 0.375. The molecule has 220 valence electrons. The molecule has 1 N–H and O–H groups in total. The number of nitrogens with zero attached hydrogens (tertiary/aromatic N) is 2. The number of nitrogens with one attached hydrogen (secondary N) is 1. The van der Waals surface area contributed by atoms with Crippen molar-refractivity contribution < 1.29 is 22.7 Å². The minimum atomic E-state index is -4.15. The van der Waals surface area contributed by atoms with E-state index < -0.39 is 28.5 Å². The van der Waals surface area contributed by atoms with Crippen LogP contribution in [-0.2, 0) is 26.2 Å². The zero-order valence-electron chi connectivity index (χ0n) is 24.8. The molecule has 0 saturated carbocycles. The Morgan fingerprint density at radius 3 is 2.22 bits per heavy atom. The number of hydrogen-bond acceptors (Lipinski definition) is 5. The highest BCUT2D eigenvalue weighted by Gasteiger charge is 2.34. The van der Waals surface area contributed by atoms with Crippen molar-refractivity contribution in [3.05, 3.63) is 89.5 Å². The molecule has 0 aliphatic carbocycles. The molecule has 0 saturated heterocycles. The fourth-order valence-corrected chi connectivity index (χ4v) is 5.87. The van der Waals surface area contributed by atoms with E-state index in [0.717, 1.165) is 27.4 Å². The van der Waals surface area contributed by atoms with Crippen LogP contribution in [0.1, 0.15) is 50.3 Å². The molecule has 0 aromatic heterocycles. The minimum Gasteiger partial charge on any atom is -0.497 e. The Morgan fingerprint density at radius 2 is 1.61 bits per heavy atom. The summed E-state index contributed by atoms with van der Waals surface area (Å²) in [6.07, 6.45) is 1.11. The number of carbonyl (C=O) groups is 2. The number of methoxy groups -OCH3 is 1. The van der Waals surface area contributed by atoms with Crippen LogP contribution in [0, 0.1) is 13.8 Å². The molecule has 0 aliphatic heterocycles. The van der Waals surface area contributed by atoms with Crippen LogP contribution in [-0.4, -0.2) is 50.9 Å². The Labute approximate surface area is 244 Å². The molecule has 0 spiro atoms. The number of ether oxygens (including phenoxy) is 1. The third kappa shape index (κ3) is 7.88. The van der Waals surface area contributed by atoms with Gasteiger partial charge in [0, 0.05) is 18.7 Å². The number of carbonyl (C=O) groups excluding carboxylic acids is 2. The van der Waals surface area contributed by atoms with Gasteiger partial charge in [0.1, 0.15) is 18.3 Å². The normalized spacial score (nSPS) is 12.7. The summed E-state index contributed by atoms with van der Waals surface area (Å²) in [5, 5.41) is 3.00. The van der Waals surface area contributed by atoms with Gasteiger partial charge in [0.2, 0.25) is 11.8 Å². The molecule has 3 aromatic carbocycles. The van der Waals surface area contributed by atoms with Gasteiger partial charge in [-0.05, 0) is 69.0 Å². The monoisotopic (exact) mass is 579 g/mol. The van der Waals surface area contributed by atoms with E-state index in [1.807, 2.05) is 58.9 Å². The van der Waals surface area contributed by atoms with Crippen LogP contribution in [0.25, 0.3) is 0 Å². The number of aryl methyl sites for hydroxylation is 2. The molecule has 0 bridgehead atoms. The first kappa shape index (κ1) is 31.7. The molecule has 3 aromatic rings. The van der Waals surface area contributed by atoms with Crippen molar-refractivity contribution in [1.82, 2.24) is 10.2 Å². The van der Waals surface area contributed by atoms with E-state index in [4.69, 9.17) is 4.74 Å². The van der Waals surface area contributed by atoms with E-state index in [0.29, 0.717) is 12.2 Å². The zero-order valence-corrected chi connectivity index (χ0v) is 25.6. The molecule has 2 unspecified atom stereocenters. The average molecular weight is 580 g/mol. The van der Waals surface area contributed by atoms with Gasteiger partial charge in [0.25, 0.3) is 10.0 Å². The Morgan fingerprint density at radius 1 is 0.927 bits per heavy atom. The first-order chi connectivity index (χ1) is 19.5. The van der Waals surface area contributed by atoms with Crippen LogP contribution < -0.4 is 14.4 Å². The molecule has 8 nitrogen and oxygen atoms in total. The number of amides is 2. The maximum Gasteiger partial charge on any atom is 0.264 e. The van der Waals surface area contributed by atoms with Gasteiger partial charge in [-0.2, -0.15) is 0 Å². The van der Waals surface area contributed by atoms with Crippen molar-refractivity contribution in [2.45, 2.75) is 71.0 Å². The van der Waals surface area contributed by atoms with Gasteiger partial charge in [-0.15, -0.1) is 0 Å². The van der Waals surface area contributed by atoms with Gasteiger partial charge in [-0.3, -0.25) is 13.9 Å². The summed E-state index contributed by atoms with van der Waals surface area (Å²) >= 11 is 0. The molecule has 41 heavy (non-hydrogen) atoms. The van der Waals surface area contributed by atoms with E-state index >= 15 is 0 Å². The maximum atomic E-state index is 14.2. The summed E-state index contributed by atoms with van der Waals surface area (Å²) < 4.78 is 34.5. The highest BCUT2D eigenvalue weighted by molar-refractivity contribution is 7.92. The molecule has 0 aliphatic rings. The topological polar surface area (TPSA) is 96.0 Å². The van der Waals surface area contributed by atoms with E-state index in [-0.39, 0.29) is 29.1 Å². The lowest BCUT2D eigenvalue weighted by Crippen LogP contribution is -2.53. The molecular formula is C32H41N3O5S. The van der Waals surface area contributed by atoms with Gasteiger partial charge in [-0.1, -0.05) is 61.9 Å². The fourth-order valence-electron chi connectivity index (χ4n) is 4.46. The van der Waals surface area contributed by atoms with E-state index in [1.54, 1.807) is 36.4 Å². The SMILES string of the molecule is CCC(C)NC(=O)C(CC)N(Cc1ccccc1C)C(=O)CN(c1cccc(OC)c1)S(=O)(=O)c1ccc(C)cc1. The van der Waals surface area contributed by atoms with Crippen LogP contribution >= 0.6 is 0 Å². The first-order valence-corrected chi connectivity index (χ1v) is 15.3. The van der Waals surface area contributed by atoms with Crippen molar-refractivity contribution in [1.29, 1.82) is 0 Å². The lowest BCUT2D eigenvalue weighted by Gasteiger charge is -2.34. The third-order valence-corrected chi connectivity index (χ3v) is 9.01. The van der Waals surface area contributed by atoms with Crippen LogP contribution in [0.3, 0.4) is 0 Å². The van der Waals surface area contributed by atoms with E-state index in [9.17, 15) is 18.0 Å². The predicted octanol–water partition coefficient (Wildman–Crippen LogP) is 5.23. The molecular weight excluding hydrogens is 538 g/mol. The second kappa shape index (κ2) is 14.2. The summed E-state index contributed by atoms with van der Waals surface area (Å²) in [5.74, 6) is -0.300. The standard InChI is InChI=1S/C32H41N3O5S/c1-7-25(5)33-32(37)30(8-2)34(21-26-13-10-9-12-24(26)4)31(36)22-35(27-14-11-15-28(20-27)40-6)41(38,39)29-18-16-23(3)17-19-29/h9-20,25,30H,7-8,21-22H2,1-6H3,(H,33,37). The van der Waals surface area contributed by atoms with Crippen LogP contribution in [0.15, 0.2) is 77.7 Å². The molecule has 3 rings (SSSR count). The smallest absolute Gasteiger partial charge is 0.264 e. The van der Waals surface area contributed by atoms with E-state index in [1.165, 1.54) is 24.1 Å². The van der Waals surface area contributed by atoms with Crippen molar-refractivity contribution in [2.24, 2.45) is 0 Å². The van der Waals surface area contributed by atoms with Gasteiger partial charge < -0.3 is 15.0 Å². The second-order valence-electron chi connectivity index (χ2n) is 10.2. The summed E-state index contributed by atoms with van der Waals surface area (Å²) in [7, 11) is -2.66. The van der Waals surface area contributed by atoms with Gasteiger partial charge >= 0.3 is 0 Å². The molecule has 2 atom stereocenters. The number of sulfonamides is 1. The average Bonchev–Trinajstić information content (AvgIpc) is 2.96. The number of benzene rings is 3. The first-order valence-electron chi connectivity index (χ1n) is 13.9. The Kier molecular flexibility index (Phi) is 10.9. The quantitative estimate of drug-likeness (QED) is 0.299. The minimum absolute atomic E-state index is 0.0609. The molecule has 9 heteroatoms. The summed E-state index contributed by atoms with van der Waals surface area (Å²) in [4.78, 5) is 29.2. The largest absolute Gasteiger partial charge is 0.497 e. The lowest BCUT2D eigenvalue weighted by molar-refractivity contribution is -0.140. The number of rotatable bonds is 13. The van der Waals surface area contributed by atoms with Crippen molar-refractivity contribution >= 4 is 27.5 Å². The maximum absolute atomic E-state index is 14.2. The van der Waals surface area contributed by atoms with Crippen molar-refractivity contribution in [3.63, 3.8) is 0 Å². The Balaban J connectivity index is 2.09. The second-order valence-corrected chi connectivity index (χ2v) is 12.1.